The number of aromatic nitrogens is 1. The number of piperidine rings is 1. The van der Waals surface area contributed by atoms with Crippen LogP contribution < -0.4 is 21.3 Å². The number of allylic oxidation sites excluding steroid dienone is 2. The zero-order valence-electron chi connectivity index (χ0n) is 14.8. The van der Waals surface area contributed by atoms with E-state index in [9.17, 15) is 9.18 Å². The van der Waals surface area contributed by atoms with E-state index in [1.54, 1.807) is 18.2 Å². The highest BCUT2D eigenvalue weighted by Gasteiger charge is 2.23. The number of anilines is 1. The summed E-state index contributed by atoms with van der Waals surface area (Å²) >= 11 is 0. The van der Waals surface area contributed by atoms with Gasteiger partial charge < -0.3 is 16.0 Å². The SMILES string of the molecule is O=C(NC1=CC=CC(C2CCNCC2)N1)Nc1ccnc2c(F)cccc12. The Balaban J connectivity index is 1.42. The van der Waals surface area contributed by atoms with E-state index in [1.165, 1.54) is 12.3 Å². The molecule has 1 fully saturated rings. The van der Waals surface area contributed by atoms with Crippen molar-refractivity contribution >= 4 is 22.6 Å². The number of pyridine rings is 1. The number of carbonyl (C=O) groups is 1. The smallest absolute Gasteiger partial charge is 0.324 e. The fourth-order valence-corrected chi connectivity index (χ4v) is 3.63. The number of rotatable bonds is 3. The molecule has 1 saturated heterocycles. The van der Waals surface area contributed by atoms with Gasteiger partial charge in [-0.15, -0.1) is 0 Å². The molecule has 140 valence electrons. The molecule has 1 atom stereocenters. The molecular weight excluding hydrogens is 345 g/mol. The molecule has 4 N–H and O–H groups in total. The van der Waals surface area contributed by atoms with Crippen molar-refractivity contribution in [3.05, 3.63) is 60.3 Å². The maximum atomic E-state index is 13.9. The summed E-state index contributed by atoms with van der Waals surface area (Å²) in [5, 5.41) is 12.9. The topological polar surface area (TPSA) is 78.1 Å². The van der Waals surface area contributed by atoms with Crippen molar-refractivity contribution in [1.29, 1.82) is 0 Å². The minimum absolute atomic E-state index is 0.211. The number of nitrogens with one attached hydrogen (secondary N) is 4. The van der Waals surface area contributed by atoms with Gasteiger partial charge in [-0.3, -0.25) is 10.3 Å². The van der Waals surface area contributed by atoms with E-state index in [0.29, 0.717) is 22.8 Å². The summed E-state index contributed by atoms with van der Waals surface area (Å²) in [5.41, 5.74) is 0.748. The molecular formula is C20H22FN5O. The van der Waals surface area contributed by atoms with Crippen molar-refractivity contribution < 1.29 is 9.18 Å². The van der Waals surface area contributed by atoms with E-state index in [1.807, 2.05) is 12.2 Å². The molecule has 7 heteroatoms. The van der Waals surface area contributed by atoms with Crippen molar-refractivity contribution in [3.63, 3.8) is 0 Å². The van der Waals surface area contributed by atoms with Crippen LogP contribution in [0.25, 0.3) is 10.9 Å². The van der Waals surface area contributed by atoms with Gasteiger partial charge in [-0.25, -0.2) is 9.18 Å². The summed E-state index contributed by atoms with van der Waals surface area (Å²) in [6.45, 7) is 2.05. The third-order valence-corrected chi connectivity index (χ3v) is 5.01. The van der Waals surface area contributed by atoms with E-state index in [2.05, 4.69) is 32.3 Å². The normalized spacial score (nSPS) is 20.0. The van der Waals surface area contributed by atoms with Gasteiger partial charge in [0.05, 0.1) is 5.69 Å². The number of carbonyl (C=O) groups excluding carboxylic acids is 1. The van der Waals surface area contributed by atoms with Crippen molar-refractivity contribution in [2.24, 2.45) is 5.92 Å². The number of hydrogen-bond acceptors (Lipinski definition) is 4. The minimum atomic E-state index is -0.414. The zero-order chi connectivity index (χ0) is 18.6. The lowest BCUT2D eigenvalue weighted by Gasteiger charge is -2.32. The average Bonchev–Trinajstić information content (AvgIpc) is 2.70. The molecule has 0 aliphatic carbocycles. The average molecular weight is 367 g/mol. The Morgan fingerprint density at radius 1 is 1.19 bits per heavy atom. The van der Waals surface area contributed by atoms with Crippen LogP contribution in [0.4, 0.5) is 14.9 Å². The number of nitrogens with zero attached hydrogens (tertiary/aromatic N) is 1. The van der Waals surface area contributed by atoms with Gasteiger partial charge >= 0.3 is 6.03 Å². The lowest BCUT2D eigenvalue weighted by molar-refractivity contribution is 0.252. The first-order valence-corrected chi connectivity index (χ1v) is 9.18. The van der Waals surface area contributed by atoms with E-state index in [0.717, 1.165) is 25.9 Å². The first-order valence-electron chi connectivity index (χ1n) is 9.18. The molecule has 1 aromatic heterocycles. The third-order valence-electron chi connectivity index (χ3n) is 5.01. The molecule has 3 heterocycles. The second-order valence-electron chi connectivity index (χ2n) is 6.80. The number of fused-ring (bicyclic) bond motifs is 1. The molecule has 0 spiro atoms. The summed E-state index contributed by atoms with van der Waals surface area (Å²) in [6, 6.07) is 6.16. The first kappa shape index (κ1) is 17.5. The van der Waals surface area contributed by atoms with Crippen molar-refractivity contribution in [1.82, 2.24) is 20.9 Å². The molecule has 6 nitrogen and oxygen atoms in total. The highest BCUT2D eigenvalue weighted by atomic mass is 19.1. The van der Waals surface area contributed by atoms with Crippen molar-refractivity contribution in [2.75, 3.05) is 18.4 Å². The van der Waals surface area contributed by atoms with Crippen LogP contribution in [0.2, 0.25) is 0 Å². The molecule has 2 aromatic rings. The second-order valence-corrected chi connectivity index (χ2v) is 6.80. The lowest BCUT2D eigenvalue weighted by atomic mass is 9.89. The number of urea groups is 1. The molecule has 0 radical (unpaired) electrons. The Kier molecular flexibility index (Phi) is 5.02. The Morgan fingerprint density at radius 2 is 2.04 bits per heavy atom. The van der Waals surface area contributed by atoms with Crippen molar-refractivity contribution in [2.45, 2.75) is 18.9 Å². The monoisotopic (exact) mass is 367 g/mol. The Labute approximate surface area is 156 Å². The van der Waals surface area contributed by atoms with Crippen LogP contribution in [-0.2, 0) is 0 Å². The van der Waals surface area contributed by atoms with E-state index in [-0.39, 0.29) is 17.6 Å². The summed E-state index contributed by atoms with van der Waals surface area (Å²) in [6.07, 6.45) is 9.64. The van der Waals surface area contributed by atoms with Gasteiger partial charge in [0.25, 0.3) is 0 Å². The molecule has 4 rings (SSSR count). The van der Waals surface area contributed by atoms with Gasteiger partial charge in [-0.2, -0.15) is 0 Å². The van der Waals surface area contributed by atoms with Crippen LogP contribution in [-0.4, -0.2) is 30.1 Å². The standard InChI is InChI=1S/C20H22FN5O/c21-15-4-1-3-14-17(9-12-23-19(14)15)25-20(27)26-18-6-2-5-16(24-18)13-7-10-22-11-8-13/h1-6,9,12-13,16,22,24H,7-8,10-11H2,(H2,23,25,26,27). The number of para-hydroxylation sites is 1. The largest absolute Gasteiger partial charge is 0.365 e. The van der Waals surface area contributed by atoms with Crippen LogP contribution in [0.15, 0.2) is 54.5 Å². The summed E-state index contributed by atoms with van der Waals surface area (Å²) in [7, 11) is 0. The van der Waals surface area contributed by atoms with Gasteiger partial charge in [-0.1, -0.05) is 24.3 Å². The molecule has 2 aliphatic heterocycles. The predicted octanol–water partition coefficient (Wildman–Crippen LogP) is 2.86. The maximum absolute atomic E-state index is 13.9. The number of halogens is 1. The van der Waals surface area contributed by atoms with Crippen LogP contribution in [0.5, 0.6) is 0 Å². The third kappa shape index (κ3) is 3.93. The fourth-order valence-electron chi connectivity index (χ4n) is 3.63. The van der Waals surface area contributed by atoms with E-state index >= 15 is 0 Å². The Morgan fingerprint density at radius 3 is 2.89 bits per heavy atom. The molecule has 1 aromatic carbocycles. The van der Waals surface area contributed by atoms with Crippen LogP contribution in [0.3, 0.4) is 0 Å². The van der Waals surface area contributed by atoms with E-state index in [4.69, 9.17) is 0 Å². The molecule has 2 amide bonds. The van der Waals surface area contributed by atoms with E-state index < -0.39 is 5.82 Å². The quantitative estimate of drug-likeness (QED) is 0.673. The van der Waals surface area contributed by atoms with Crippen molar-refractivity contribution in [3.8, 4) is 0 Å². The number of dihydropyridines is 1. The number of hydrogen-bond donors (Lipinski definition) is 4. The fraction of sp³-hybridized carbons (Fsp3) is 0.300. The summed E-state index contributed by atoms with van der Waals surface area (Å²) in [4.78, 5) is 16.5. The Bertz CT molecular complexity index is 904. The molecule has 27 heavy (non-hydrogen) atoms. The van der Waals surface area contributed by atoms with Gasteiger partial charge in [0.2, 0.25) is 0 Å². The van der Waals surface area contributed by atoms with Crippen LogP contribution in [0, 0.1) is 11.7 Å². The van der Waals surface area contributed by atoms with Gasteiger partial charge in [0.15, 0.2) is 0 Å². The van der Waals surface area contributed by atoms with Gasteiger partial charge in [-0.05, 0) is 50.1 Å². The second kappa shape index (κ2) is 7.75. The minimum Gasteiger partial charge on any atom is -0.365 e. The molecule has 0 bridgehead atoms. The predicted molar refractivity (Wildman–Crippen MR) is 104 cm³/mol. The van der Waals surface area contributed by atoms with Crippen LogP contribution >= 0.6 is 0 Å². The number of amides is 2. The van der Waals surface area contributed by atoms with Gasteiger partial charge in [0.1, 0.15) is 17.2 Å². The Hall–Kier alpha value is -2.93. The van der Waals surface area contributed by atoms with Crippen LogP contribution in [0.1, 0.15) is 12.8 Å². The maximum Gasteiger partial charge on any atom is 0.324 e. The first-order chi connectivity index (χ1) is 13.2. The zero-order valence-corrected chi connectivity index (χ0v) is 14.8. The lowest BCUT2D eigenvalue weighted by Crippen LogP contribution is -2.45. The molecule has 0 saturated carbocycles. The molecule has 1 unspecified atom stereocenters. The highest BCUT2D eigenvalue weighted by molar-refractivity contribution is 6.00. The number of benzene rings is 1. The summed E-state index contributed by atoms with van der Waals surface area (Å²) < 4.78 is 13.9. The highest BCUT2D eigenvalue weighted by Crippen LogP contribution is 2.23. The van der Waals surface area contributed by atoms with Gasteiger partial charge in [0, 0.05) is 17.6 Å². The summed E-state index contributed by atoms with van der Waals surface area (Å²) in [5.74, 6) is 0.786. The molecule has 2 aliphatic rings.